The summed E-state index contributed by atoms with van der Waals surface area (Å²) < 4.78 is 9.47. The molecule has 3 aromatic heterocycles. The molecule has 0 atom stereocenters. The van der Waals surface area contributed by atoms with Crippen LogP contribution >= 0.6 is 0 Å². The molecule has 0 bridgehead atoms. The van der Waals surface area contributed by atoms with E-state index >= 15 is 0 Å². The molecule has 0 spiro atoms. The number of hydrogen-bond donors (Lipinski definition) is 0. The molecule has 0 saturated carbocycles. The predicted octanol–water partition coefficient (Wildman–Crippen LogP) is 4.43. The molecule has 0 unspecified atom stereocenters. The molecule has 1 saturated heterocycles. The average molecular weight is 506 g/mol. The fraction of sp³-hybridized carbons (Fsp3) is 0.276. The lowest BCUT2D eigenvalue weighted by molar-refractivity contribution is 0.159. The summed E-state index contributed by atoms with van der Waals surface area (Å²) in [7, 11) is 2.16. The van der Waals surface area contributed by atoms with Crippen LogP contribution in [-0.2, 0) is 6.54 Å². The van der Waals surface area contributed by atoms with Crippen LogP contribution in [0, 0.1) is 12.5 Å². The SMILES string of the molecule is [C-]#[N+]c1ccc2c(c1)nc1n(Cc3cccc(-c4ncc(OCC5CCN(C)CC5)cn4)c3)c(=O)ccn21. The van der Waals surface area contributed by atoms with E-state index < -0.39 is 0 Å². The second-order valence-electron chi connectivity index (χ2n) is 9.81. The summed E-state index contributed by atoms with van der Waals surface area (Å²) in [5.74, 6) is 2.37. The molecular formula is C29H27N7O2. The van der Waals surface area contributed by atoms with E-state index in [9.17, 15) is 4.79 Å². The topological polar surface area (TPSA) is 81.9 Å². The first kappa shape index (κ1) is 23.8. The highest BCUT2D eigenvalue weighted by Gasteiger charge is 2.17. The van der Waals surface area contributed by atoms with Crippen LogP contribution in [0.5, 0.6) is 5.75 Å². The van der Waals surface area contributed by atoms with Gasteiger partial charge >= 0.3 is 0 Å². The molecule has 190 valence electrons. The van der Waals surface area contributed by atoms with Gasteiger partial charge in [0.15, 0.2) is 17.3 Å². The number of nitrogens with zero attached hydrogens (tertiary/aromatic N) is 7. The van der Waals surface area contributed by atoms with Gasteiger partial charge in [-0.05, 0) is 62.7 Å². The van der Waals surface area contributed by atoms with Crippen molar-refractivity contribution >= 4 is 22.5 Å². The largest absolute Gasteiger partial charge is 0.490 e. The number of piperidine rings is 1. The molecule has 4 heterocycles. The van der Waals surface area contributed by atoms with Crippen LogP contribution in [0.25, 0.3) is 33.0 Å². The third kappa shape index (κ3) is 4.74. The number of imidazole rings is 1. The Kier molecular flexibility index (Phi) is 6.32. The smallest absolute Gasteiger partial charge is 0.255 e. The Balaban J connectivity index is 1.22. The molecule has 9 nitrogen and oxygen atoms in total. The summed E-state index contributed by atoms with van der Waals surface area (Å²) in [6.45, 7) is 10.5. The second kappa shape index (κ2) is 10.1. The van der Waals surface area contributed by atoms with Crippen LogP contribution in [0.2, 0.25) is 0 Å². The van der Waals surface area contributed by atoms with Gasteiger partial charge in [0.25, 0.3) is 5.56 Å². The van der Waals surface area contributed by atoms with E-state index in [1.165, 1.54) is 6.07 Å². The zero-order valence-corrected chi connectivity index (χ0v) is 21.1. The lowest BCUT2D eigenvalue weighted by Crippen LogP contribution is -2.32. The maximum atomic E-state index is 12.8. The van der Waals surface area contributed by atoms with Crippen molar-refractivity contribution in [3.63, 3.8) is 0 Å². The van der Waals surface area contributed by atoms with Crippen molar-refractivity contribution < 1.29 is 4.74 Å². The minimum atomic E-state index is -0.147. The molecule has 0 radical (unpaired) electrons. The van der Waals surface area contributed by atoms with E-state index in [-0.39, 0.29) is 5.56 Å². The summed E-state index contributed by atoms with van der Waals surface area (Å²) in [6.07, 6.45) is 7.47. The Morgan fingerprint density at radius 3 is 2.68 bits per heavy atom. The first-order valence-electron chi connectivity index (χ1n) is 12.7. The number of ether oxygens (including phenoxy) is 1. The van der Waals surface area contributed by atoms with Crippen molar-refractivity contribution in [2.75, 3.05) is 26.7 Å². The molecule has 1 aliphatic rings. The number of rotatable bonds is 6. The van der Waals surface area contributed by atoms with Crippen LogP contribution in [0.1, 0.15) is 18.4 Å². The highest BCUT2D eigenvalue weighted by atomic mass is 16.5. The Bertz CT molecular complexity index is 1710. The van der Waals surface area contributed by atoms with Gasteiger partial charge in [-0.1, -0.05) is 24.3 Å². The van der Waals surface area contributed by atoms with E-state index in [1.807, 2.05) is 34.7 Å². The van der Waals surface area contributed by atoms with Crippen LogP contribution in [0.4, 0.5) is 5.69 Å². The van der Waals surface area contributed by atoms with Crippen molar-refractivity contribution in [3.8, 4) is 17.1 Å². The molecular weight excluding hydrogens is 478 g/mol. The van der Waals surface area contributed by atoms with E-state index in [0.29, 0.717) is 47.6 Å². The number of benzene rings is 2. The van der Waals surface area contributed by atoms with Crippen LogP contribution < -0.4 is 10.3 Å². The lowest BCUT2D eigenvalue weighted by atomic mass is 9.98. The van der Waals surface area contributed by atoms with Crippen molar-refractivity contribution in [2.24, 2.45) is 5.92 Å². The summed E-state index contributed by atoms with van der Waals surface area (Å²) in [5.41, 5.74) is 3.68. The molecule has 0 aliphatic carbocycles. The molecule has 6 rings (SSSR count). The Morgan fingerprint density at radius 2 is 1.89 bits per heavy atom. The van der Waals surface area contributed by atoms with Crippen LogP contribution in [-0.4, -0.2) is 55.6 Å². The molecule has 0 N–H and O–H groups in total. The fourth-order valence-corrected chi connectivity index (χ4v) is 4.93. The van der Waals surface area contributed by atoms with Crippen molar-refractivity contribution in [3.05, 3.63) is 94.5 Å². The number of hydrogen-bond acceptors (Lipinski definition) is 6. The number of fused-ring (bicyclic) bond motifs is 3. The minimum absolute atomic E-state index is 0.147. The molecule has 38 heavy (non-hydrogen) atoms. The van der Waals surface area contributed by atoms with Gasteiger partial charge in [0.05, 0.1) is 43.2 Å². The van der Waals surface area contributed by atoms with Gasteiger partial charge in [0.1, 0.15) is 0 Å². The van der Waals surface area contributed by atoms with Crippen molar-refractivity contribution in [1.29, 1.82) is 0 Å². The highest BCUT2D eigenvalue weighted by molar-refractivity contribution is 5.83. The molecule has 1 aliphatic heterocycles. The lowest BCUT2D eigenvalue weighted by Gasteiger charge is -2.28. The Morgan fingerprint density at radius 1 is 1.08 bits per heavy atom. The maximum absolute atomic E-state index is 12.8. The third-order valence-electron chi connectivity index (χ3n) is 7.14. The van der Waals surface area contributed by atoms with Gasteiger partial charge in [0.2, 0.25) is 5.78 Å². The zero-order valence-electron chi connectivity index (χ0n) is 21.1. The first-order valence-corrected chi connectivity index (χ1v) is 12.7. The predicted molar refractivity (Wildman–Crippen MR) is 146 cm³/mol. The fourth-order valence-electron chi connectivity index (χ4n) is 4.93. The standard InChI is InChI=1S/C29H27N7O2/c1-30-23-6-7-26-25(15-23)33-29-35(26)13-10-27(37)36(29)18-21-4-3-5-22(14-21)28-31-16-24(17-32-28)38-19-20-8-11-34(2)12-9-20/h3-7,10,13-17,20H,8-9,11-12,18-19H2,2H3. The first-order chi connectivity index (χ1) is 18.6. The van der Waals surface area contributed by atoms with Crippen LogP contribution in [0.3, 0.4) is 0 Å². The van der Waals surface area contributed by atoms with Gasteiger partial charge in [-0.25, -0.2) is 19.8 Å². The summed E-state index contributed by atoms with van der Waals surface area (Å²) in [4.78, 5) is 32.4. The van der Waals surface area contributed by atoms with Crippen molar-refractivity contribution in [2.45, 2.75) is 19.4 Å². The van der Waals surface area contributed by atoms with Crippen LogP contribution in [0.15, 0.2) is 71.9 Å². The van der Waals surface area contributed by atoms with E-state index in [1.54, 1.807) is 35.3 Å². The summed E-state index contributed by atoms with van der Waals surface area (Å²) in [6, 6.07) is 14.7. The second-order valence-corrected chi connectivity index (χ2v) is 9.81. The molecule has 0 amide bonds. The van der Waals surface area contributed by atoms with E-state index in [4.69, 9.17) is 11.3 Å². The normalized spacial score (nSPS) is 14.6. The number of likely N-dealkylation sites (tertiary alicyclic amines) is 1. The molecule has 5 aromatic rings. The van der Waals surface area contributed by atoms with E-state index in [2.05, 4.69) is 31.7 Å². The molecule has 9 heteroatoms. The maximum Gasteiger partial charge on any atom is 0.255 e. The van der Waals surface area contributed by atoms with Gasteiger partial charge in [0, 0.05) is 17.8 Å². The summed E-state index contributed by atoms with van der Waals surface area (Å²) >= 11 is 0. The van der Waals surface area contributed by atoms with Gasteiger partial charge in [-0.2, -0.15) is 0 Å². The van der Waals surface area contributed by atoms with Gasteiger partial charge in [-0.3, -0.25) is 13.8 Å². The molecule has 1 fully saturated rings. The van der Waals surface area contributed by atoms with Crippen molar-refractivity contribution in [1.82, 2.24) is 28.8 Å². The van der Waals surface area contributed by atoms with Gasteiger partial charge < -0.3 is 9.64 Å². The van der Waals surface area contributed by atoms with E-state index in [0.717, 1.165) is 42.6 Å². The quantitative estimate of drug-likeness (QED) is 0.318. The number of aromatic nitrogens is 5. The third-order valence-corrected chi connectivity index (χ3v) is 7.14. The monoisotopic (exact) mass is 505 g/mol. The Labute approximate surface area is 219 Å². The van der Waals surface area contributed by atoms with Gasteiger partial charge in [-0.15, -0.1) is 0 Å². The average Bonchev–Trinajstić information content (AvgIpc) is 3.33. The zero-order chi connectivity index (χ0) is 26.1. The minimum Gasteiger partial charge on any atom is -0.490 e. The summed E-state index contributed by atoms with van der Waals surface area (Å²) in [5, 5.41) is 0. The Hall–Kier alpha value is -4.55. The molecule has 2 aromatic carbocycles. The highest BCUT2D eigenvalue weighted by Crippen LogP contribution is 2.23.